The quantitative estimate of drug-likeness (QED) is 0.230. The molecule has 0 fully saturated rings. The van der Waals surface area contributed by atoms with E-state index in [1.165, 1.54) is 0 Å². The topological polar surface area (TPSA) is 93.8 Å². The normalized spacial score (nSPS) is 8.44. The molecule has 0 unspecified atom stereocenters. The van der Waals surface area contributed by atoms with Crippen LogP contribution in [0.15, 0.2) is 10.2 Å². The third-order valence-corrected chi connectivity index (χ3v) is 0.702. The summed E-state index contributed by atoms with van der Waals surface area (Å²) in [5.74, 6) is 0.0564. The van der Waals surface area contributed by atoms with Crippen molar-refractivity contribution in [2.45, 2.75) is 6.42 Å². The van der Waals surface area contributed by atoms with Gasteiger partial charge in [0.25, 0.3) is 0 Å². The summed E-state index contributed by atoms with van der Waals surface area (Å²) in [5, 5.41) is 2.63. The van der Waals surface area contributed by atoms with E-state index in [1.807, 2.05) is 0 Å². The Bertz CT molecular complexity index is 107. The van der Waals surface area contributed by atoms with E-state index in [0.29, 0.717) is 13.0 Å². The van der Waals surface area contributed by atoms with E-state index in [9.17, 15) is 4.91 Å². The number of nitroso groups, excluding NO2 is 1. The van der Waals surface area contributed by atoms with Crippen LogP contribution in [-0.4, -0.2) is 19.0 Å². The molecular formula is C4H10N4O. The second kappa shape index (κ2) is 5.02. The number of hydrogen-bond acceptors (Lipinski definition) is 3. The smallest absolute Gasteiger partial charge is 0.185 e. The van der Waals surface area contributed by atoms with Gasteiger partial charge >= 0.3 is 0 Å². The fourth-order valence-electron chi connectivity index (χ4n) is 0.343. The monoisotopic (exact) mass is 130 g/mol. The first-order valence-corrected chi connectivity index (χ1v) is 2.62. The lowest BCUT2D eigenvalue weighted by atomic mass is 10.4. The van der Waals surface area contributed by atoms with Gasteiger partial charge in [-0.1, -0.05) is 5.18 Å². The Morgan fingerprint density at radius 2 is 2.00 bits per heavy atom. The van der Waals surface area contributed by atoms with Gasteiger partial charge in [-0.15, -0.1) is 0 Å². The predicted octanol–water partition coefficient (Wildman–Crippen LogP) is -0.584. The van der Waals surface area contributed by atoms with Crippen molar-refractivity contribution in [2.75, 3.05) is 13.1 Å². The van der Waals surface area contributed by atoms with E-state index in [-0.39, 0.29) is 12.5 Å². The van der Waals surface area contributed by atoms with Crippen LogP contribution >= 0.6 is 0 Å². The molecule has 0 radical (unpaired) electrons. The molecule has 0 aliphatic carbocycles. The zero-order valence-corrected chi connectivity index (χ0v) is 5.08. The van der Waals surface area contributed by atoms with Crippen molar-refractivity contribution in [3.05, 3.63) is 4.91 Å². The number of nitrogens with zero attached hydrogens (tertiary/aromatic N) is 2. The Balaban J connectivity index is 3.09. The van der Waals surface area contributed by atoms with E-state index in [1.54, 1.807) is 0 Å². The van der Waals surface area contributed by atoms with Crippen molar-refractivity contribution in [1.82, 2.24) is 0 Å². The van der Waals surface area contributed by atoms with Crippen LogP contribution in [0.5, 0.6) is 0 Å². The number of nitrogens with two attached hydrogens (primary N) is 2. The third-order valence-electron chi connectivity index (χ3n) is 0.702. The molecule has 0 aliphatic rings. The van der Waals surface area contributed by atoms with Gasteiger partial charge in [0.05, 0.1) is 6.54 Å². The minimum atomic E-state index is 0.0564. The molecule has 5 nitrogen and oxygen atoms in total. The van der Waals surface area contributed by atoms with E-state index < -0.39 is 0 Å². The Hall–Kier alpha value is -1.13. The first-order chi connectivity index (χ1) is 4.27. The molecule has 0 rings (SSSR count). The van der Waals surface area contributed by atoms with E-state index in [2.05, 4.69) is 10.2 Å². The van der Waals surface area contributed by atoms with E-state index in [4.69, 9.17) is 11.5 Å². The van der Waals surface area contributed by atoms with Crippen molar-refractivity contribution < 1.29 is 0 Å². The second-order valence-corrected chi connectivity index (χ2v) is 1.51. The SMILES string of the molecule is NC(N)=NCCCN=O. The zero-order chi connectivity index (χ0) is 7.11. The molecule has 52 valence electrons. The number of guanidine groups is 1. The lowest BCUT2D eigenvalue weighted by molar-refractivity contribution is 0.839. The van der Waals surface area contributed by atoms with Crippen molar-refractivity contribution >= 4 is 5.96 Å². The molecule has 5 heteroatoms. The number of hydrogen-bond donors (Lipinski definition) is 2. The summed E-state index contributed by atoms with van der Waals surface area (Å²) < 4.78 is 0. The fourth-order valence-corrected chi connectivity index (χ4v) is 0.343. The van der Waals surface area contributed by atoms with Crippen LogP contribution in [0, 0.1) is 4.91 Å². The van der Waals surface area contributed by atoms with Gasteiger partial charge in [0.1, 0.15) is 0 Å². The summed E-state index contributed by atoms with van der Waals surface area (Å²) in [4.78, 5) is 13.1. The highest BCUT2D eigenvalue weighted by molar-refractivity contribution is 5.75. The largest absolute Gasteiger partial charge is 0.370 e. The number of aliphatic imine (C=N–C) groups is 1. The maximum absolute atomic E-state index is 9.49. The maximum atomic E-state index is 9.49. The molecule has 0 saturated heterocycles. The van der Waals surface area contributed by atoms with Gasteiger partial charge in [0.2, 0.25) is 0 Å². The molecule has 4 N–H and O–H groups in total. The lowest BCUT2D eigenvalue weighted by Gasteiger charge is -1.88. The second-order valence-electron chi connectivity index (χ2n) is 1.51. The molecule has 0 aromatic heterocycles. The maximum Gasteiger partial charge on any atom is 0.185 e. The van der Waals surface area contributed by atoms with Crippen molar-refractivity contribution in [3.63, 3.8) is 0 Å². The highest BCUT2D eigenvalue weighted by atomic mass is 16.3. The Kier molecular flexibility index (Phi) is 4.39. The molecule has 0 aliphatic heterocycles. The molecule has 0 spiro atoms. The summed E-state index contributed by atoms with van der Waals surface area (Å²) in [6.07, 6.45) is 0.612. The first kappa shape index (κ1) is 7.87. The summed E-state index contributed by atoms with van der Waals surface area (Å²) in [6.45, 7) is 0.755. The van der Waals surface area contributed by atoms with Crippen LogP contribution in [0.4, 0.5) is 0 Å². The fraction of sp³-hybridized carbons (Fsp3) is 0.750. The first-order valence-electron chi connectivity index (χ1n) is 2.62. The highest BCUT2D eigenvalue weighted by Crippen LogP contribution is 1.80. The Labute approximate surface area is 53.1 Å². The summed E-state index contributed by atoms with van der Waals surface area (Å²) >= 11 is 0. The van der Waals surface area contributed by atoms with E-state index >= 15 is 0 Å². The van der Waals surface area contributed by atoms with Gasteiger partial charge in [0, 0.05) is 6.54 Å². The highest BCUT2D eigenvalue weighted by Gasteiger charge is 1.83. The van der Waals surface area contributed by atoms with Crippen LogP contribution in [0.25, 0.3) is 0 Å². The average molecular weight is 130 g/mol. The minimum absolute atomic E-state index is 0.0564. The molecule has 0 heterocycles. The van der Waals surface area contributed by atoms with Gasteiger partial charge in [-0.25, -0.2) is 0 Å². The molecular weight excluding hydrogens is 120 g/mol. The van der Waals surface area contributed by atoms with Crippen LogP contribution in [0.1, 0.15) is 6.42 Å². The van der Waals surface area contributed by atoms with Gasteiger partial charge in [0.15, 0.2) is 5.96 Å². The van der Waals surface area contributed by atoms with Crippen LogP contribution in [-0.2, 0) is 0 Å². The summed E-state index contributed by atoms with van der Waals surface area (Å²) in [7, 11) is 0. The van der Waals surface area contributed by atoms with Crippen molar-refractivity contribution in [3.8, 4) is 0 Å². The minimum Gasteiger partial charge on any atom is -0.370 e. The molecule has 0 saturated carbocycles. The number of rotatable bonds is 4. The molecule has 0 bridgehead atoms. The van der Waals surface area contributed by atoms with Gasteiger partial charge in [-0.2, -0.15) is 4.91 Å². The standard InChI is InChI=1S/C4H10N4O/c5-4(6)7-2-1-3-8-9/h1-3H2,(H4,5,6,7). The molecule has 0 aromatic carbocycles. The average Bonchev–Trinajstić information content (AvgIpc) is 1.80. The summed E-state index contributed by atoms with van der Waals surface area (Å²) in [5.41, 5.74) is 9.99. The van der Waals surface area contributed by atoms with Crippen molar-refractivity contribution in [2.24, 2.45) is 21.6 Å². The Morgan fingerprint density at radius 1 is 1.33 bits per heavy atom. The van der Waals surface area contributed by atoms with Gasteiger partial charge < -0.3 is 11.5 Å². The van der Waals surface area contributed by atoms with Crippen molar-refractivity contribution in [1.29, 1.82) is 0 Å². The van der Waals surface area contributed by atoms with Crippen LogP contribution < -0.4 is 11.5 Å². The molecule has 0 amide bonds. The molecule has 0 atom stereocenters. The molecule has 0 aromatic rings. The Morgan fingerprint density at radius 3 is 2.44 bits per heavy atom. The van der Waals surface area contributed by atoms with Gasteiger partial charge in [-0.05, 0) is 6.42 Å². The lowest BCUT2D eigenvalue weighted by Crippen LogP contribution is -2.23. The summed E-state index contributed by atoms with van der Waals surface area (Å²) in [6, 6.07) is 0. The van der Waals surface area contributed by atoms with Crippen LogP contribution in [0.3, 0.4) is 0 Å². The van der Waals surface area contributed by atoms with E-state index in [0.717, 1.165) is 0 Å². The third kappa shape index (κ3) is 6.87. The zero-order valence-electron chi connectivity index (χ0n) is 5.08. The molecule has 9 heavy (non-hydrogen) atoms. The van der Waals surface area contributed by atoms with Crippen LogP contribution in [0.2, 0.25) is 0 Å². The predicted molar refractivity (Wildman–Crippen MR) is 36.0 cm³/mol. The van der Waals surface area contributed by atoms with Gasteiger partial charge in [-0.3, -0.25) is 4.99 Å².